The van der Waals surface area contributed by atoms with Gasteiger partial charge in [0.2, 0.25) is 5.91 Å². The molecule has 3 aromatic rings. The number of hydrogen-bond acceptors (Lipinski definition) is 4. The molecule has 7 heteroatoms. The van der Waals surface area contributed by atoms with Crippen LogP contribution in [0.15, 0.2) is 67.0 Å². The summed E-state index contributed by atoms with van der Waals surface area (Å²) in [6.45, 7) is 1.75. The number of nitrogens with one attached hydrogen (secondary N) is 2. The number of rotatable bonds is 6. The van der Waals surface area contributed by atoms with Gasteiger partial charge in [-0.3, -0.25) is 14.3 Å². The summed E-state index contributed by atoms with van der Waals surface area (Å²) in [6, 6.07) is 15.2. The van der Waals surface area contributed by atoms with E-state index in [4.69, 9.17) is 4.74 Å². The van der Waals surface area contributed by atoms with Crippen molar-refractivity contribution < 1.29 is 14.3 Å². The molecular formula is C20H20N4O3. The summed E-state index contributed by atoms with van der Waals surface area (Å²) in [5.41, 5.74) is 1.54. The summed E-state index contributed by atoms with van der Waals surface area (Å²) in [7, 11) is 1.52. The summed E-state index contributed by atoms with van der Waals surface area (Å²) < 4.78 is 6.87. The van der Waals surface area contributed by atoms with Crippen molar-refractivity contribution >= 4 is 23.2 Å². The molecule has 0 saturated heterocycles. The third-order valence-corrected chi connectivity index (χ3v) is 4.05. The van der Waals surface area contributed by atoms with E-state index in [1.54, 1.807) is 72.5 Å². The lowest BCUT2D eigenvalue weighted by Gasteiger charge is -2.15. The molecule has 0 radical (unpaired) electrons. The van der Waals surface area contributed by atoms with Crippen LogP contribution in [0, 0.1) is 0 Å². The number of amides is 2. The molecule has 27 heavy (non-hydrogen) atoms. The minimum atomic E-state index is -0.468. The SMILES string of the molecule is COc1ccc(NC(=O)[C@@H](C)n2cccn2)cc1NC(=O)c1ccccc1. The molecule has 0 bridgehead atoms. The van der Waals surface area contributed by atoms with Crippen LogP contribution in [0.2, 0.25) is 0 Å². The summed E-state index contributed by atoms with van der Waals surface area (Å²) in [6.07, 6.45) is 3.35. The van der Waals surface area contributed by atoms with Crippen molar-refractivity contribution in [2.45, 2.75) is 13.0 Å². The normalized spacial score (nSPS) is 11.5. The van der Waals surface area contributed by atoms with Gasteiger partial charge in [0.15, 0.2) is 0 Å². The van der Waals surface area contributed by atoms with Crippen LogP contribution in [0.25, 0.3) is 0 Å². The number of anilines is 2. The maximum atomic E-state index is 12.4. The molecule has 138 valence electrons. The van der Waals surface area contributed by atoms with Crippen LogP contribution in [-0.4, -0.2) is 28.7 Å². The van der Waals surface area contributed by atoms with Crippen molar-refractivity contribution in [3.8, 4) is 5.75 Å². The molecule has 2 N–H and O–H groups in total. The van der Waals surface area contributed by atoms with Gasteiger partial charge in [0.25, 0.3) is 5.91 Å². The number of nitrogens with zero attached hydrogens (tertiary/aromatic N) is 2. The zero-order chi connectivity index (χ0) is 19.2. The van der Waals surface area contributed by atoms with Gasteiger partial charge in [-0.1, -0.05) is 18.2 Å². The van der Waals surface area contributed by atoms with Gasteiger partial charge in [-0.25, -0.2) is 0 Å². The third-order valence-electron chi connectivity index (χ3n) is 4.05. The standard InChI is InChI=1S/C20H20N4O3/c1-14(24-12-6-11-21-24)19(25)22-16-9-10-18(27-2)17(13-16)23-20(26)15-7-4-3-5-8-15/h3-14H,1-2H3,(H,22,25)(H,23,26)/t14-/m1/s1. The molecule has 0 spiro atoms. The van der Waals surface area contributed by atoms with E-state index in [1.807, 2.05) is 6.07 Å². The number of ether oxygens (including phenoxy) is 1. The van der Waals surface area contributed by atoms with E-state index in [0.29, 0.717) is 22.7 Å². The third kappa shape index (κ3) is 4.33. The minimum absolute atomic E-state index is 0.218. The molecule has 0 aliphatic heterocycles. The number of carbonyl (C=O) groups excluding carboxylic acids is 2. The van der Waals surface area contributed by atoms with Crippen LogP contribution >= 0.6 is 0 Å². The van der Waals surface area contributed by atoms with Crippen LogP contribution in [0.5, 0.6) is 5.75 Å². The van der Waals surface area contributed by atoms with Crippen molar-refractivity contribution in [2.24, 2.45) is 0 Å². The molecule has 0 aliphatic rings. The predicted octanol–water partition coefficient (Wildman–Crippen LogP) is 3.34. The zero-order valence-electron chi connectivity index (χ0n) is 15.0. The Hall–Kier alpha value is -3.61. The van der Waals surface area contributed by atoms with E-state index < -0.39 is 6.04 Å². The van der Waals surface area contributed by atoms with Gasteiger partial charge in [-0.15, -0.1) is 0 Å². The summed E-state index contributed by atoms with van der Waals surface area (Å²) >= 11 is 0. The van der Waals surface area contributed by atoms with Gasteiger partial charge in [0.1, 0.15) is 11.8 Å². The molecule has 0 unspecified atom stereocenters. The van der Waals surface area contributed by atoms with E-state index in [2.05, 4.69) is 15.7 Å². The van der Waals surface area contributed by atoms with E-state index in [1.165, 1.54) is 7.11 Å². The lowest BCUT2D eigenvalue weighted by molar-refractivity contribution is -0.119. The van der Waals surface area contributed by atoms with Gasteiger partial charge in [-0.2, -0.15) is 5.10 Å². The highest BCUT2D eigenvalue weighted by atomic mass is 16.5. The number of methoxy groups -OCH3 is 1. The van der Waals surface area contributed by atoms with Gasteiger partial charge < -0.3 is 15.4 Å². The molecule has 3 rings (SSSR count). The van der Waals surface area contributed by atoms with Gasteiger partial charge in [0, 0.05) is 23.6 Å². The van der Waals surface area contributed by atoms with E-state index in [9.17, 15) is 9.59 Å². The Kier molecular flexibility index (Phi) is 5.51. The fraction of sp³-hybridized carbons (Fsp3) is 0.150. The van der Waals surface area contributed by atoms with Gasteiger partial charge in [0.05, 0.1) is 12.8 Å². The first-order valence-electron chi connectivity index (χ1n) is 8.43. The second kappa shape index (κ2) is 8.18. The first kappa shape index (κ1) is 18.2. The van der Waals surface area contributed by atoms with Crippen molar-refractivity contribution in [2.75, 3.05) is 17.7 Å². The van der Waals surface area contributed by atoms with Crippen molar-refractivity contribution in [1.82, 2.24) is 9.78 Å². The number of hydrogen-bond donors (Lipinski definition) is 2. The van der Waals surface area contributed by atoms with Crippen molar-refractivity contribution in [3.05, 3.63) is 72.6 Å². The maximum absolute atomic E-state index is 12.4. The lowest BCUT2D eigenvalue weighted by Crippen LogP contribution is -2.24. The van der Waals surface area contributed by atoms with Crippen molar-refractivity contribution in [1.29, 1.82) is 0 Å². The fourth-order valence-corrected chi connectivity index (χ4v) is 2.54. The molecular weight excluding hydrogens is 344 g/mol. The van der Waals surface area contributed by atoms with E-state index in [-0.39, 0.29) is 11.8 Å². The first-order chi connectivity index (χ1) is 13.1. The largest absolute Gasteiger partial charge is 0.495 e. The van der Waals surface area contributed by atoms with Crippen LogP contribution in [0.1, 0.15) is 23.3 Å². The van der Waals surface area contributed by atoms with Crippen LogP contribution in [0.4, 0.5) is 11.4 Å². The summed E-state index contributed by atoms with van der Waals surface area (Å²) in [5.74, 6) is 0.0175. The highest BCUT2D eigenvalue weighted by molar-refractivity contribution is 6.05. The van der Waals surface area contributed by atoms with Crippen molar-refractivity contribution in [3.63, 3.8) is 0 Å². The first-order valence-corrected chi connectivity index (χ1v) is 8.43. The molecule has 7 nitrogen and oxygen atoms in total. The second-order valence-electron chi connectivity index (χ2n) is 5.89. The minimum Gasteiger partial charge on any atom is -0.495 e. The van der Waals surface area contributed by atoms with Crippen LogP contribution in [0.3, 0.4) is 0 Å². The molecule has 0 fully saturated rings. The Morgan fingerprint density at radius 2 is 1.85 bits per heavy atom. The molecule has 2 aromatic carbocycles. The molecule has 1 aromatic heterocycles. The molecule has 2 amide bonds. The summed E-state index contributed by atoms with van der Waals surface area (Å²) in [4.78, 5) is 24.8. The van der Waals surface area contributed by atoms with Crippen LogP contribution in [-0.2, 0) is 4.79 Å². The van der Waals surface area contributed by atoms with Gasteiger partial charge in [-0.05, 0) is 43.3 Å². The second-order valence-corrected chi connectivity index (χ2v) is 5.89. The maximum Gasteiger partial charge on any atom is 0.255 e. The Balaban J connectivity index is 1.77. The number of aromatic nitrogens is 2. The Morgan fingerprint density at radius 1 is 1.07 bits per heavy atom. The zero-order valence-corrected chi connectivity index (χ0v) is 15.0. The molecule has 1 heterocycles. The Bertz CT molecular complexity index is 924. The molecule has 1 atom stereocenters. The fourth-order valence-electron chi connectivity index (χ4n) is 2.54. The quantitative estimate of drug-likeness (QED) is 0.702. The Labute approximate surface area is 157 Å². The predicted molar refractivity (Wildman–Crippen MR) is 103 cm³/mol. The summed E-state index contributed by atoms with van der Waals surface area (Å²) in [5, 5.41) is 9.72. The van der Waals surface area contributed by atoms with E-state index >= 15 is 0 Å². The molecule has 0 saturated carbocycles. The average Bonchev–Trinajstić information content (AvgIpc) is 3.23. The monoisotopic (exact) mass is 364 g/mol. The van der Waals surface area contributed by atoms with Gasteiger partial charge >= 0.3 is 0 Å². The smallest absolute Gasteiger partial charge is 0.255 e. The topological polar surface area (TPSA) is 85.2 Å². The number of carbonyl (C=O) groups is 2. The average molecular weight is 364 g/mol. The molecule has 0 aliphatic carbocycles. The lowest BCUT2D eigenvalue weighted by atomic mass is 10.2. The highest BCUT2D eigenvalue weighted by Gasteiger charge is 2.16. The number of benzene rings is 2. The highest BCUT2D eigenvalue weighted by Crippen LogP contribution is 2.28. The Morgan fingerprint density at radius 3 is 2.52 bits per heavy atom. The van der Waals surface area contributed by atoms with Crippen LogP contribution < -0.4 is 15.4 Å². The van der Waals surface area contributed by atoms with E-state index in [0.717, 1.165) is 0 Å².